The van der Waals surface area contributed by atoms with Gasteiger partial charge in [0.05, 0.1) is 11.9 Å². The summed E-state index contributed by atoms with van der Waals surface area (Å²) in [6.07, 6.45) is 5.98. The lowest BCUT2D eigenvalue weighted by molar-refractivity contribution is -0.117. The molecule has 1 aliphatic carbocycles. The molecule has 1 aromatic carbocycles. The molecule has 0 aliphatic heterocycles. The molecule has 4 aromatic rings. The maximum atomic E-state index is 14.9. The SMILES string of the molecule is Cc1cc(C(N)=O)cc(F)c1-c1cc2cc(NC(=O)[C@@H]3C[C@H]3c3cnn(C)c3)ncc2c(N)n1. The fourth-order valence-corrected chi connectivity index (χ4v) is 4.28. The second-order valence-electron chi connectivity index (χ2n) is 8.58. The van der Waals surface area contributed by atoms with Gasteiger partial charge >= 0.3 is 0 Å². The van der Waals surface area contributed by atoms with Gasteiger partial charge in [0.15, 0.2) is 0 Å². The molecule has 0 saturated heterocycles. The van der Waals surface area contributed by atoms with Crippen molar-refractivity contribution in [1.29, 1.82) is 0 Å². The molecule has 2 atom stereocenters. The van der Waals surface area contributed by atoms with Crippen LogP contribution < -0.4 is 16.8 Å². The number of nitrogens with two attached hydrogens (primary N) is 2. The van der Waals surface area contributed by atoms with Gasteiger partial charge in [0, 0.05) is 41.9 Å². The first-order valence-corrected chi connectivity index (χ1v) is 10.7. The smallest absolute Gasteiger partial charge is 0.248 e. The monoisotopic (exact) mass is 459 g/mol. The van der Waals surface area contributed by atoms with Crippen molar-refractivity contribution in [3.8, 4) is 11.3 Å². The van der Waals surface area contributed by atoms with Crippen LogP contribution in [0.1, 0.15) is 33.8 Å². The summed E-state index contributed by atoms with van der Waals surface area (Å²) in [7, 11) is 1.84. The standard InChI is InChI=1S/C24H22FN7O2/c1-11-3-13(23(27)33)4-18(25)21(11)19-5-12-6-20(28-9-17(12)22(26)30-19)31-24(34)16-7-15(16)14-8-29-32(2)10-14/h3-6,8-10,15-16H,7H2,1-2H3,(H2,26,30)(H2,27,33)(H,28,31,34)/t15-,16+/m0/s1. The van der Waals surface area contributed by atoms with Crippen LogP contribution in [-0.4, -0.2) is 31.6 Å². The average molecular weight is 459 g/mol. The summed E-state index contributed by atoms with van der Waals surface area (Å²) in [6.45, 7) is 1.67. The summed E-state index contributed by atoms with van der Waals surface area (Å²) in [5.41, 5.74) is 13.5. The molecule has 0 bridgehead atoms. The quantitative estimate of drug-likeness (QED) is 0.419. The number of nitrogens with one attached hydrogen (secondary N) is 1. The third-order valence-corrected chi connectivity index (χ3v) is 6.10. The van der Waals surface area contributed by atoms with Crippen LogP contribution in [0.25, 0.3) is 22.0 Å². The molecule has 1 fully saturated rings. The number of aryl methyl sites for hydroxylation is 2. The summed E-state index contributed by atoms with van der Waals surface area (Å²) >= 11 is 0. The number of halogens is 1. The Morgan fingerprint density at radius 1 is 1.21 bits per heavy atom. The van der Waals surface area contributed by atoms with Crippen molar-refractivity contribution in [2.75, 3.05) is 11.1 Å². The molecule has 1 saturated carbocycles. The maximum absolute atomic E-state index is 14.9. The summed E-state index contributed by atoms with van der Waals surface area (Å²) in [5, 5.41) is 8.24. The lowest BCUT2D eigenvalue weighted by atomic mass is 9.99. The Kier molecular flexibility index (Phi) is 5.00. The van der Waals surface area contributed by atoms with E-state index in [1.807, 2.05) is 13.2 Å². The lowest BCUT2D eigenvalue weighted by Crippen LogP contribution is -2.15. The molecule has 5 rings (SSSR count). The lowest BCUT2D eigenvalue weighted by Gasteiger charge is -2.12. The molecule has 172 valence electrons. The van der Waals surface area contributed by atoms with E-state index in [2.05, 4.69) is 20.4 Å². The topological polar surface area (TPSA) is 142 Å². The van der Waals surface area contributed by atoms with Crippen molar-refractivity contribution in [2.45, 2.75) is 19.3 Å². The third-order valence-electron chi connectivity index (χ3n) is 6.10. The Bertz CT molecular complexity index is 1460. The van der Waals surface area contributed by atoms with Crippen LogP contribution in [-0.2, 0) is 11.8 Å². The van der Waals surface area contributed by atoms with Crippen molar-refractivity contribution in [1.82, 2.24) is 19.7 Å². The maximum Gasteiger partial charge on any atom is 0.248 e. The summed E-state index contributed by atoms with van der Waals surface area (Å²) in [5.74, 6) is -0.908. The van der Waals surface area contributed by atoms with E-state index in [9.17, 15) is 14.0 Å². The Hall–Kier alpha value is -4.34. The van der Waals surface area contributed by atoms with Gasteiger partial charge in [0.2, 0.25) is 11.8 Å². The number of fused-ring (bicyclic) bond motifs is 1. The number of carbonyl (C=O) groups excluding carboxylic acids is 2. The number of pyridine rings is 2. The van der Waals surface area contributed by atoms with Crippen LogP contribution in [0.5, 0.6) is 0 Å². The highest BCUT2D eigenvalue weighted by Crippen LogP contribution is 2.47. The van der Waals surface area contributed by atoms with Crippen molar-refractivity contribution in [2.24, 2.45) is 18.7 Å². The van der Waals surface area contributed by atoms with E-state index in [0.717, 1.165) is 18.1 Å². The van der Waals surface area contributed by atoms with E-state index >= 15 is 0 Å². The van der Waals surface area contributed by atoms with Gasteiger partial charge in [-0.25, -0.2) is 14.4 Å². The van der Waals surface area contributed by atoms with Gasteiger partial charge < -0.3 is 16.8 Å². The first-order chi connectivity index (χ1) is 16.2. The van der Waals surface area contributed by atoms with Gasteiger partial charge in [-0.1, -0.05) is 0 Å². The van der Waals surface area contributed by atoms with Crippen molar-refractivity contribution in [3.05, 3.63) is 65.4 Å². The van der Waals surface area contributed by atoms with Crippen molar-refractivity contribution < 1.29 is 14.0 Å². The largest absolute Gasteiger partial charge is 0.383 e. The number of aromatic nitrogens is 4. The minimum atomic E-state index is -0.715. The number of nitrogen functional groups attached to an aromatic ring is 1. The molecule has 2 amide bonds. The highest BCUT2D eigenvalue weighted by molar-refractivity contribution is 5.99. The van der Waals surface area contributed by atoms with Crippen LogP contribution in [0.15, 0.2) is 42.9 Å². The number of hydrogen-bond donors (Lipinski definition) is 3. The molecule has 0 unspecified atom stereocenters. The van der Waals surface area contributed by atoms with E-state index in [1.54, 1.807) is 29.9 Å². The van der Waals surface area contributed by atoms with Crippen molar-refractivity contribution in [3.63, 3.8) is 0 Å². The molecule has 5 N–H and O–H groups in total. The van der Waals surface area contributed by atoms with Gasteiger partial charge in [-0.15, -0.1) is 0 Å². The van der Waals surface area contributed by atoms with Gasteiger partial charge in [0.25, 0.3) is 0 Å². The van der Waals surface area contributed by atoms with Crippen LogP contribution in [0, 0.1) is 18.7 Å². The molecule has 1 aliphatic rings. The highest BCUT2D eigenvalue weighted by atomic mass is 19.1. The van der Waals surface area contributed by atoms with Crippen LogP contribution in [0.4, 0.5) is 16.0 Å². The van der Waals surface area contributed by atoms with E-state index in [1.165, 1.54) is 12.3 Å². The molecular weight excluding hydrogens is 437 g/mol. The molecule has 3 aromatic heterocycles. The zero-order valence-corrected chi connectivity index (χ0v) is 18.5. The van der Waals surface area contributed by atoms with E-state index in [-0.39, 0.29) is 34.7 Å². The molecule has 3 heterocycles. The highest BCUT2D eigenvalue weighted by Gasteiger charge is 2.44. The Morgan fingerprint density at radius 2 is 2.00 bits per heavy atom. The second kappa shape index (κ2) is 7.91. The number of benzene rings is 1. The fourth-order valence-electron chi connectivity index (χ4n) is 4.28. The van der Waals surface area contributed by atoms with Gasteiger partial charge in [-0.2, -0.15) is 5.10 Å². The number of amides is 2. The molecule has 34 heavy (non-hydrogen) atoms. The zero-order valence-electron chi connectivity index (χ0n) is 18.5. The summed E-state index contributed by atoms with van der Waals surface area (Å²) < 4.78 is 16.6. The van der Waals surface area contributed by atoms with Gasteiger partial charge in [-0.3, -0.25) is 14.3 Å². The Labute approximate surface area is 194 Å². The normalized spacial score (nSPS) is 17.0. The van der Waals surface area contributed by atoms with Crippen LogP contribution in [0.2, 0.25) is 0 Å². The third kappa shape index (κ3) is 3.83. The van der Waals surface area contributed by atoms with E-state index in [4.69, 9.17) is 11.5 Å². The second-order valence-corrected chi connectivity index (χ2v) is 8.58. The predicted molar refractivity (Wildman–Crippen MR) is 125 cm³/mol. The van der Waals surface area contributed by atoms with Crippen LogP contribution in [0.3, 0.4) is 0 Å². The van der Waals surface area contributed by atoms with Crippen LogP contribution >= 0.6 is 0 Å². The van der Waals surface area contributed by atoms with Gasteiger partial charge in [-0.05, 0) is 60.0 Å². The number of carbonyl (C=O) groups is 2. The minimum Gasteiger partial charge on any atom is -0.383 e. The fraction of sp³-hybridized carbons (Fsp3) is 0.208. The number of rotatable bonds is 5. The Morgan fingerprint density at radius 3 is 2.68 bits per heavy atom. The molecule has 0 spiro atoms. The summed E-state index contributed by atoms with van der Waals surface area (Å²) in [6, 6.07) is 5.95. The number of nitrogens with zero attached hydrogens (tertiary/aromatic N) is 4. The minimum absolute atomic E-state index is 0.0753. The molecule has 10 heteroatoms. The Balaban J connectivity index is 1.44. The zero-order chi connectivity index (χ0) is 24.1. The van der Waals surface area contributed by atoms with E-state index in [0.29, 0.717) is 27.8 Å². The van der Waals surface area contributed by atoms with E-state index < -0.39 is 11.7 Å². The van der Waals surface area contributed by atoms with Gasteiger partial charge in [0.1, 0.15) is 17.5 Å². The van der Waals surface area contributed by atoms with Crippen molar-refractivity contribution >= 4 is 34.2 Å². The first-order valence-electron chi connectivity index (χ1n) is 10.7. The predicted octanol–water partition coefficient (Wildman–Crippen LogP) is 2.90. The average Bonchev–Trinajstić information content (AvgIpc) is 3.46. The number of primary amides is 1. The summed E-state index contributed by atoms with van der Waals surface area (Å²) in [4.78, 5) is 32.8. The first kappa shape index (κ1) is 21.5. The molecule has 9 nitrogen and oxygen atoms in total. The number of anilines is 2. The molecule has 0 radical (unpaired) electrons. The number of hydrogen-bond acceptors (Lipinski definition) is 6. The molecular formula is C24H22FN7O2.